The Bertz CT molecular complexity index is 896. The van der Waals surface area contributed by atoms with Crippen molar-refractivity contribution >= 4 is 17.5 Å². The van der Waals surface area contributed by atoms with Gasteiger partial charge in [-0.05, 0) is 49.7 Å². The number of carbonyl (C=O) groups is 1. The van der Waals surface area contributed by atoms with Crippen LogP contribution in [0.2, 0.25) is 0 Å². The summed E-state index contributed by atoms with van der Waals surface area (Å²) in [7, 11) is 1.53. The van der Waals surface area contributed by atoms with E-state index < -0.39 is 6.09 Å². The number of hydrogen-bond acceptors (Lipinski definition) is 4. The van der Waals surface area contributed by atoms with E-state index >= 15 is 0 Å². The quantitative estimate of drug-likeness (QED) is 0.662. The van der Waals surface area contributed by atoms with Crippen molar-refractivity contribution in [1.29, 1.82) is 0 Å². The van der Waals surface area contributed by atoms with Gasteiger partial charge in [-0.2, -0.15) is 0 Å². The maximum Gasteiger partial charge on any atom is 0.424 e. The molecule has 0 unspecified atom stereocenters. The fourth-order valence-electron chi connectivity index (χ4n) is 2.53. The molecular weight excluding hydrogens is 328 g/mol. The predicted molar refractivity (Wildman–Crippen MR) is 101 cm³/mol. The number of hydrogen-bond donors (Lipinski definition) is 0. The Labute approximate surface area is 152 Å². The first-order valence-electron chi connectivity index (χ1n) is 8.24. The topological polar surface area (TPSA) is 51.7 Å². The second kappa shape index (κ2) is 7.70. The number of ether oxygens (including phenoxy) is 2. The summed E-state index contributed by atoms with van der Waals surface area (Å²) >= 11 is 0. The Kier molecular flexibility index (Phi) is 5.17. The van der Waals surface area contributed by atoms with Gasteiger partial charge in [-0.25, -0.2) is 14.7 Å². The molecule has 1 heterocycles. The summed E-state index contributed by atoms with van der Waals surface area (Å²) in [5.74, 6) is 0.830. The molecule has 0 aliphatic carbocycles. The second-order valence-electron chi connectivity index (χ2n) is 5.77. The first kappa shape index (κ1) is 17.5. The smallest absolute Gasteiger partial charge is 0.424 e. The average Bonchev–Trinajstić information content (AvgIpc) is 2.66. The maximum atomic E-state index is 13.0. The van der Waals surface area contributed by atoms with Crippen molar-refractivity contribution in [3.05, 3.63) is 78.0 Å². The number of methoxy groups -OCH3 is 1. The summed E-state index contributed by atoms with van der Waals surface area (Å²) in [5.41, 5.74) is 2.99. The van der Waals surface area contributed by atoms with Crippen molar-refractivity contribution in [1.82, 2.24) is 4.98 Å². The number of aryl methyl sites for hydroxylation is 2. The largest absolute Gasteiger partial charge is 0.479 e. The predicted octanol–water partition coefficient (Wildman–Crippen LogP) is 5.04. The van der Waals surface area contributed by atoms with Gasteiger partial charge in [0.05, 0.1) is 12.8 Å². The number of anilines is 2. The molecule has 3 rings (SSSR count). The summed E-state index contributed by atoms with van der Waals surface area (Å²) in [6.07, 6.45) is -0.536. The third-order valence-electron chi connectivity index (χ3n) is 3.99. The van der Waals surface area contributed by atoms with E-state index in [0.717, 1.165) is 11.3 Å². The molecule has 132 valence electrons. The van der Waals surface area contributed by atoms with Crippen LogP contribution in [-0.4, -0.2) is 18.2 Å². The molecule has 5 heteroatoms. The third kappa shape index (κ3) is 3.67. The lowest BCUT2D eigenvalue weighted by molar-refractivity contribution is 0.210. The molecule has 0 atom stereocenters. The van der Waals surface area contributed by atoms with Gasteiger partial charge < -0.3 is 9.47 Å². The van der Waals surface area contributed by atoms with E-state index in [9.17, 15) is 4.79 Å². The standard InChI is InChI=1S/C21H20N2O3/c1-15-14-19(20(25-3)22-16(15)2)23(17-10-6-4-7-11-17)21(24)26-18-12-8-5-9-13-18/h4-14H,1-3H3. The Morgan fingerprint density at radius 2 is 1.58 bits per heavy atom. The molecule has 0 aliphatic heterocycles. The number of carbonyl (C=O) groups excluding carboxylic acids is 1. The zero-order valence-electron chi connectivity index (χ0n) is 15.0. The lowest BCUT2D eigenvalue weighted by Gasteiger charge is -2.24. The first-order valence-corrected chi connectivity index (χ1v) is 8.24. The highest BCUT2D eigenvalue weighted by molar-refractivity contribution is 5.98. The van der Waals surface area contributed by atoms with E-state index in [1.54, 1.807) is 12.1 Å². The molecule has 0 N–H and O–H groups in total. The second-order valence-corrected chi connectivity index (χ2v) is 5.77. The average molecular weight is 348 g/mol. The van der Waals surface area contributed by atoms with Crippen LogP contribution < -0.4 is 14.4 Å². The summed E-state index contributed by atoms with van der Waals surface area (Å²) in [4.78, 5) is 18.9. The SMILES string of the molecule is COc1nc(C)c(C)cc1N(C(=O)Oc1ccccc1)c1ccccc1. The van der Waals surface area contributed by atoms with Crippen LogP contribution in [0.1, 0.15) is 11.3 Å². The minimum Gasteiger partial charge on any atom is -0.479 e. The number of nitrogens with zero attached hydrogens (tertiary/aromatic N) is 2. The van der Waals surface area contributed by atoms with Crippen LogP contribution in [0.25, 0.3) is 0 Å². The molecule has 0 fully saturated rings. The molecule has 0 bridgehead atoms. The summed E-state index contributed by atoms with van der Waals surface area (Å²) in [6.45, 7) is 3.84. The van der Waals surface area contributed by atoms with Crippen LogP contribution in [0.5, 0.6) is 11.6 Å². The summed E-state index contributed by atoms with van der Waals surface area (Å²) in [6, 6.07) is 20.1. The number of pyridine rings is 1. The minimum absolute atomic E-state index is 0.363. The Morgan fingerprint density at radius 3 is 2.19 bits per heavy atom. The van der Waals surface area contributed by atoms with Crippen LogP contribution in [0.4, 0.5) is 16.2 Å². The van der Waals surface area contributed by atoms with Crippen molar-refractivity contribution in [3.8, 4) is 11.6 Å². The molecule has 26 heavy (non-hydrogen) atoms. The van der Waals surface area contributed by atoms with Crippen LogP contribution in [-0.2, 0) is 0 Å². The number of rotatable bonds is 4. The molecular formula is C21H20N2O3. The molecule has 0 spiro atoms. The Hall–Kier alpha value is -3.34. The van der Waals surface area contributed by atoms with Crippen molar-refractivity contribution in [2.45, 2.75) is 13.8 Å². The van der Waals surface area contributed by atoms with Crippen molar-refractivity contribution in [2.75, 3.05) is 12.0 Å². The molecule has 1 amide bonds. The van der Waals surface area contributed by atoms with E-state index in [4.69, 9.17) is 9.47 Å². The highest BCUT2D eigenvalue weighted by atomic mass is 16.6. The molecule has 1 aromatic heterocycles. The molecule has 5 nitrogen and oxygen atoms in total. The lowest BCUT2D eigenvalue weighted by Crippen LogP contribution is -2.29. The van der Waals surface area contributed by atoms with Crippen molar-refractivity contribution in [3.63, 3.8) is 0 Å². The maximum absolute atomic E-state index is 13.0. The van der Waals surface area contributed by atoms with E-state index in [1.165, 1.54) is 12.0 Å². The van der Waals surface area contributed by atoms with E-state index in [1.807, 2.05) is 68.4 Å². The van der Waals surface area contributed by atoms with Gasteiger partial charge in [0.1, 0.15) is 11.4 Å². The molecule has 3 aromatic rings. The summed E-state index contributed by atoms with van der Waals surface area (Å²) in [5, 5.41) is 0. The van der Waals surface area contributed by atoms with Gasteiger partial charge in [0.15, 0.2) is 0 Å². The number of benzene rings is 2. The lowest BCUT2D eigenvalue weighted by atomic mass is 10.2. The van der Waals surface area contributed by atoms with Gasteiger partial charge >= 0.3 is 6.09 Å². The van der Waals surface area contributed by atoms with E-state index in [-0.39, 0.29) is 0 Å². The van der Waals surface area contributed by atoms with Gasteiger partial charge in [0.2, 0.25) is 5.88 Å². The normalized spacial score (nSPS) is 10.3. The zero-order chi connectivity index (χ0) is 18.5. The van der Waals surface area contributed by atoms with Crippen molar-refractivity contribution < 1.29 is 14.3 Å². The minimum atomic E-state index is -0.536. The van der Waals surface area contributed by atoms with Gasteiger partial charge in [-0.1, -0.05) is 36.4 Å². The van der Waals surface area contributed by atoms with Gasteiger partial charge in [-0.15, -0.1) is 0 Å². The molecule has 0 saturated heterocycles. The highest BCUT2D eigenvalue weighted by Crippen LogP contribution is 2.34. The Balaban J connectivity index is 2.08. The van der Waals surface area contributed by atoms with Crippen molar-refractivity contribution in [2.24, 2.45) is 0 Å². The van der Waals surface area contributed by atoms with Crippen LogP contribution >= 0.6 is 0 Å². The summed E-state index contributed by atoms with van der Waals surface area (Å²) < 4.78 is 11.0. The van der Waals surface area contributed by atoms with Crippen LogP contribution in [0.15, 0.2) is 66.7 Å². The molecule has 0 radical (unpaired) electrons. The first-order chi connectivity index (χ1) is 12.6. The van der Waals surface area contributed by atoms with E-state index in [2.05, 4.69) is 4.98 Å². The van der Waals surface area contributed by atoms with Crippen LogP contribution in [0.3, 0.4) is 0 Å². The number of para-hydroxylation sites is 2. The Morgan fingerprint density at radius 1 is 0.962 bits per heavy atom. The van der Waals surface area contributed by atoms with Gasteiger partial charge in [0, 0.05) is 5.69 Å². The third-order valence-corrected chi connectivity index (χ3v) is 3.99. The fourth-order valence-corrected chi connectivity index (χ4v) is 2.53. The molecule has 0 aliphatic rings. The highest BCUT2D eigenvalue weighted by Gasteiger charge is 2.25. The molecule has 0 saturated carbocycles. The zero-order valence-corrected chi connectivity index (χ0v) is 15.0. The van der Waals surface area contributed by atoms with Crippen LogP contribution in [0, 0.1) is 13.8 Å². The number of amides is 1. The fraction of sp³-hybridized carbons (Fsp3) is 0.143. The molecule has 2 aromatic carbocycles. The van der Waals surface area contributed by atoms with Gasteiger partial charge in [-0.3, -0.25) is 0 Å². The van der Waals surface area contributed by atoms with Gasteiger partial charge in [0.25, 0.3) is 0 Å². The van der Waals surface area contributed by atoms with E-state index in [0.29, 0.717) is 23.0 Å². The monoisotopic (exact) mass is 348 g/mol. The number of aromatic nitrogens is 1.